The van der Waals surface area contributed by atoms with Crippen molar-refractivity contribution in [2.75, 3.05) is 7.11 Å². The molecule has 72 valence electrons. The minimum Gasteiger partial charge on any atom is -0.487 e. The Hall–Kier alpha value is -1.35. The van der Waals surface area contributed by atoms with E-state index < -0.39 is 0 Å². The van der Waals surface area contributed by atoms with Crippen LogP contribution < -0.4 is 4.74 Å². The third-order valence-corrected chi connectivity index (χ3v) is 3.54. The number of ether oxygens (including phenoxy) is 1. The molecule has 0 saturated heterocycles. The molecule has 2 rings (SSSR count). The molecule has 0 saturated carbocycles. The molecule has 0 fully saturated rings. The van der Waals surface area contributed by atoms with E-state index in [1.165, 1.54) is 16.9 Å². The molecule has 0 bridgehead atoms. The van der Waals surface area contributed by atoms with E-state index in [1.807, 2.05) is 25.1 Å². The second-order valence-electron chi connectivity index (χ2n) is 3.08. The van der Waals surface area contributed by atoms with Gasteiger partial charge in [-0.25, -0.2) is 0 Å². The van der Waals surface area contributed by atoms with E-state index in [0.29, 0.717) is 10.6 Å². The van der Waals surface area contributed by atoms with E-state index in [1.54, 1.807) is 7.11 Å². The SMILES string of the molecule is COc1sc2c(C)cccc2c1C=O. The number of fused-ring (bicyclic) bond motifs is 1. The summed E-state index contributed by atoms with van der Waals surface area (Å²) < 4.78 is 6.29. The van der Waals surface area contributed by atoms with Gasteiger partial charge in [0.05, 0.1) is 12.7 Å². The molecule has 1 aromatic carbocycles. The highest BCUT2D eigenvalue weighted by atomic mass is 32.1. The second kappa shape index (κ2) is 3.42. The Morgan fingerprint density at radius 3 is 2.86 bits per heavy atom. The quantitative estimate of drug-likeness (QED) is 0.706. The standard InChI is InChI=1S/C11H10O2S/c1-7-4-3-5-8-9(6-12)11(13-2)14-10(7)8/h3-6H,1-2H3. The molecule has 0 spiro atoms. The topological polar surface area (TPSA) is 26.3 Å². The lowest BCUT2D eigenvalue weighted by atomic mass is 10.1. The van der Waals surface area contributed by atoms with Crippen LogP contribution in [0.1, 0.15) is 15.9 Å². The molecule has 0 unspecified atom stereocenters. The van der Waals surface area contributed by atoms with Crippen molar-refractivity contribution in [1.82, 2.24) is 0 Å². The lowest BCUT2D eigenvalue weighted by molar-refractivity contribution is 0.112. The summed E-state index contributed by atoms with van der Waals surface area (Å²) in [7, 11) is 1.59. The van der Waals surface area contributed by atoms with Gasteiger partial charge >= 0.3 is 0 Å². The van der Waals surface area contributed by atoms with Gasteiger partial charge in [-0.2, -0.15) is 0 Å². The molecule has 0 radical (unpaired) electrons. The Morgan fingerprint density at radius 1 is 1.43 bits per heavy atom. The van der Waals surface area contributed by atoms with Crippen LogP contribution in [0.25, 0.3) is 10.1 Å². The number of rotatable bonds is 2. The smallest absolute Gasteiger partial charge is 0.185 e. The Labute approximate surface area is 86.1 Å². The molecule has 14 heavy (non-hydrogen) atoms. The average molecular weight is 206 g/mol. The van der Waals surface area contributed by atoms with Crippen molar-refractivity contribution >= 4 is 27.7 Å². The van der Waals surface area contributed by atoms with Gasteiger partial charge in [0.1, 0.15) is 0 Å². The highest BCUT2D eigenvalue weighted by Crippen LogP contribution is 2.37. The molecule has 3 heteroatoms. The minimum absolute atomic E-state index is 0.663. The largest absolute Gasteiger partial charge is 0.487 e. The number of carbonyl (C=O) groups is 1. The predicted molar refractivity (Wildman–Crippen MR) is 58.5 cm³/mol. The van der Waals surface area contributed by atoms with Gasteiger partial charge in [0.15, 0.2) is 11.3 Å². The first-order valence-corrected chi connectivity index (χ1v) is 5.11. The molecule has 0 N–H and O–H groups in total. The zero-order chi connectivity index (χ0) is 10.1. The Bertz CT molecular complexity index is 485. The van der Waals surface area contributed by atoms with Crippen molar-refractivity contribution in [2.45, 2.75) is 6.92 Å². The molecule has 0 aliphatic carbocycles. The normalized spacial score (nSPS) is 10.4. The molecule has 0 atom stereocenters. The number of carbonyl (C=O) groups excluding carboxylic acids is 1. The summed E-state index contributed by atoms with van der Waals surface area (Å²) in [4.78, 5) is 10.9. The van der Waals surface area contributed by atoms with Crippen LogP contribution in [-0.4, -0.2) is 13.4 Å². The Balaban J connectivity index is 2.86. The molecule has 2 aromatic rings. The van der Waals surface area contributed by atoms with Gasteiger partial charge < -0.3 is 4.74 Å². The van der Waals surface area contributed by atoms with Gasteiger partial charge in [-0.1, -0.05) is 29.5 Å². The number of benzene rings is 1. The van der Waals surface area contributed by atoms with Crippen LogP contribution >= 0.6 is 11.3 Å². The summed E-state index contributed by atoms with van der Waals surface area (Å²) in [6, 6.07) is 5.94. The van der Waals surface area contributed by atoms with E-state index in [0.717, 1.165) is 16.4 Å². The maximum atomic E-state index is 10.9. The van der Waals surface area contributed by atoms with Crippen LogP contribution in [0.4, 0.5) is 0 Å². The fourth-order valence-electron chi connectivity index (χ4n) is 1.52. The van der Waals surface area contributed by atoms with Crippen LogP contribution in [-0.2, 0) is 0 Å². The molecular weight excluding hydrogens is 196 g/mol. The number of hydrogen-bond acceptors (Lipinski definition) is 3. The van der Waals surface area contributed by atoms with Gasteiger partial charge in [0.2, 0.25) is 0 Å². The number of thiophene rings is 1. The van der Waals surface area contributed by atoms with E-state index >= 15 is 0 Å². The van der Waals surface area contributed by atoms with Gasteiger partial charge in [-0.05, 0) is 12.5 Å². The fraction of sp³-hybridized carbons (Fsp3) is 0.182. The van der Waals surface area contributed by atoms with Gasteiger partial charge in [-0.15, -0.1) is 0 Å². The summed E-state index contributed by atoms with van der Waals surface area (Å²) in [6.07, 6.45) is 0.858. The second-order valence-corrected chi connectivity index (χ2v) is 4.06. The van der Waals surface area contributed by atoms with Crippen LogP contribution in [0.2, 0.25) is 0 Å². The fourth-order valence-corrected chi connectivity index (χ4v) is 2.57. The van der Waals surface area contributed by atoms with Crippen molar-refractivity contribution in [3.8, 4) is 5.06 Å². The van der Waals surface area contributed by atoms with Crippen LogP contribution in [0.15, 0.2) is 18.2 Å². The third-order valence-electron chi connectivity index (χ3n) is 2.22. The Kier molecular flexibility index (Phi) is 2.25. The number of aryl methyl sites for hydroxylation is 1. The van der Waals surface area contributed by atoms with Crippen molar-refractivity contribution in [3.05, 3.63) is 29.3 Å². The van der Waals surface area contributed by atoms with E-state index in [9.17, 15) is 4.79 Å². The van der Waals surface area contributed by atoms with Gasteiger partial charge in [-0.3, -0.25) is 4.79 Å². The Morgan fingerprint density at radius 2 is 2.21 bits per heavy atom. The van der Waals surface area contributed by atoms with Crippen molar-refractivity contribution in [2.24, 2.45) is 0 Å². The van der Waals surface area contributed by atoms with E-state index in [-0.39, 0.29) is 0 Å². The zero-order valence-corrected chi connectivity index (χ0v) is 8.85. The monoisotopic (exact) mass is 206 g/mol. The first-order valence-electron chi connectivity index (χ1n) is 4.29. The molecule has 1 heterocycles. The lowest BCUT2D eigenvalue weighted by Gasteiger charge is -1.94. The summed E-state index contributed by atoms with van der Waals surface area (Å²) in [5.74, 6) is 0. The maximum Gasteiger partial charge on any atom is 0.185 e. The highest BCUT2D eigenvalue weighted by Gasteiger charge is 2.12. The van der Waals surface area contributed by atoms with Crippen molar-refractivity contribution in [3.63, 3.8) is 0 Å². The number of hydrogen-bond donors (Lipinski definition) is 0. The van der Waals surface area contributed by atoms with Crippen molar-refractivity contribution in [1.29, 1.82) is 0 Å². The average Bonchev–Trinajstić information content (AvgIpc) is 2.57. The zero-order valence-electron chi connectivity index (χ0n) is 8.03. The third kappa shape index (κ3) is 1.21. The van der Waals surface area contributed by atoms with Gasteiger partial charge in [0.25, 0.3) is 0 Å². The summed E-state index contributed by atoms with van der Waals surface area (Å²) in [5, 5.41) is 1.69. The van der Waals surface area contributed by atoms with Crippen LogP contribution in [0, 0.1) is 6.92 Å². The molecule has 0 aliphatic heterocycles. The summed E-state index contributed by atoms with van der Waals surface area (Å²) >= 11 is 1.52. The number of aldehydes is 1. The molecule has 1 aromatic heterocycles. The molecular formula is C11H10O2S. The molecule has 2 nitrogen and oxygen atoms in total. The molecule has 0 aliphatic rings. The first kappa shape index (κ1) is 9.21. The van der Waals surface area contributed by atoms with Gasteiger partial charge in [0, 0.05) is 10.1 Å². The minimum atomic E-state index is 0.663. The molecule has 0 amide bonds. The number of methoxy groups -OCH3 is 1. The summed E-state index contributed by atoms with van der Waals surface area (Å²) in [5.41, 5.74) is 1.84. The van der Waals surface area contributed by atoms with Crippen LogP contribution in [0.3, 0.4) is 0 Å². The van der Waals surface area contributed by atoms with Crippen molar-refractivity contribution < 1.29 is 9.53 Å². The van der Waals surface area contributed by atoms with E-state index in [4.69, 9.17) is 4.74 Å². The van der Waals surface area contributed by atoms with Crippen LogP contribution in [0.5, 0.6) is 5.06 Å². The summed E-state index contributed by atoms with van der Waals surface area (Å²) in [6.45, 7) is 2.03. The lowest BCUT2D eigenvalue weighted by Crippen LogP contribution is -1.83. The first-order chi connectivity index (χ1) is 6.77. The van der Waals surface area contributed by atoms with E-state index in [2.05, 4.69) is 0 Å². The predicted octanol–water partition coefficient (Wildman–Crippen LogP) is 3.03. The highest BCUT2D eigenvalue weighted by molar-refractivity contribution is 7.21. The maximum absolute atomic E-state index is 10.9.